The molecule has 0 bridgehead atoms. The molecule has 0 saturated carbocycles. The van der Waals surface area contributed by atoms with Crippen LogP contribution in [0.4, 0.5) is 0 Å². The van der Waals surface area contributed by atoms with Gasteiger partial charge in [-0.2, -0.15) is 0 Å². The Labute approximate surface area is 129 Å². The summed E-state index contributed by atoms with van der Waals surface area (Å²) in [5.74, 6) is 1.96. The Kier molecular flexibility index (Phi) is 6.02. The number of piperidine rings is 2. The van der Waals surface area contributed by atoms with Crippen molar-refractivity contribution in [2.24, 2.45) is 11.8 Å². The average molecular weight is 296 g/mol. The smallest absolute Gasteiger partial charge is 0.240 e. The summed E-state index contributed by atoms with van der Waals surface area (Å²) in [5.41, 5.74) is 3.16. The number of hydrogen-bond acceptors (Lipinski definition) is 4. The fourth-order valence-corrected chi connectivity index (χ4v) is 3.81. The number of likely N-dealkylation sites (tertiary alicyclic amines) is 2. The van der Waals surface area contributed by atoms with Crippen LogP contribution < -0.4 is 5.43 Å². The summed E-state index contributed by atoms with van der Waals surface area (Å²) in [4.78, 5) is 16.9. The number of hydrogen-bond donors (Lipinski definition) is 1. The summed E-state index contributed by atoms with van der Waals surface area (Å²) in [6.45, 7) is 6.32. The van der Waals surface area contributed by atoms with Gasteiger partial charge in [0.15, 0.2) is 0 Å². The van der Waals surface area contributed by atoms with E-state index in [1.165, 1.54) is 38.8 Å². The van der Waals surface area contributed by atoms with Gasteiger partial charge in [0, 0.05) is 27.2 Å². The van der Waals surface area contributed by atoms with Gasteiger partial charge in [0.2, 0.25) is 5.91 Å². The van der Waals surface area contributed by atoms with Crippen LogP contribution >= 0.6 is 0 Å². The highest BCUT2D eigenvalue weighted by molar-refractivity contribution is 5.81. The summed E-state index contributed by atoms with van der Waals surface area (Å²) >= 11 is 0. The third kappa shape index (κ3) is 4.66. The van der Waals surface area contributed by atoms with Gasteiger partial charge in [-0.05, 0) is 64.6 Å². The molecule has 5 heteroatoms. The fourth-order valence-electron chi connectivity index (χ4n) is 3.81. The second-order valence-electron chi connectivity index (χ2n) is 7.05. The molecule has 2 saturated heterocycles. The molecule has 0 aromatic carbocycles. The zero-order valence-corrected chi connectivity index (χ0v) is 14.1. The molecular weight excluding hydrogens is 264 g/mol. The van der Waals surface area contributed by atoms with Crippen molar-refractivity contribution in [3.05, 3.63) is 0 Å². The SMILES string of the molecule is C[C@@H](NN(C)C)C(=O)N1CCC(C2CCN(C)CC2)CC1. The van der Waals surface area contributed by atoms with Crippen LogP contribution in [-0.4, -0.2) is 74.1 Å². The predicted molar refractivity (Wildman–Crippen MR) is 85.8 cm³/mol. The number of carbonyl (C=O) groups is 1. The minimum atomic E-state index is -0.125. The average Bonchev–Trinajstić information content (AvgIpc) is 2.47. The summed E-state index contributed by atoms with van der Waals surface area (Å²) in [6, 6.07) is -0.125. The van der Waals surface area contributed by atoms with Crippen LogP contribution in [0.2, 0.25) is 0 Å². The minimum Gasteiger partial charge on any atom is -0.341 e. The van der Waals surface area contributed by atoms with E-state index in [9.17, 15) is 4.79 Å². The molecule has 1 amide bonds. The molecule has 1 N–H and O–H groups in total. The lowest BCUT2D eigenvalue weighted by atomic mass is 9.79. The summed E-state index contributed by atoms with van der Waals surface area (Å²) < 4.78 is 0. The number of nitrogens with one attached hydrogen (secondary N) is 1. The van der Waals surface area contributed by atoms with Crippen molar-refractivity contribution in [3.8, 4) is 0 Å². The van der Waals surface area contributed by atoms with Gasteiger partial charge in [-0.25, -0.2) is 10.4 Å². The maximum Gasteiger partial charge on any atom is 0.240 e. The van der Waals surface area contributed by atoms with E-state index >= 15 is 0 Å². The van der Waals surface area contributed by atoms with Crippen molar-refractivity contribution in [3.63, 3.8) is 0 Å². The second kappa shape index (κ2) is 7.56. The number of rotatable bonds is 4. The number of amides is 1. The normalized spacial score (nSPS) is 24.5. The van der Waals surface area contributed by atoms with Gasteiger partial charge < -0.3 is 9.80 Å². The van der Waals surface area contributed by atoms with Crippen molar-refractivity contribution >= 4 is 5.91 Å². The molecule has 2 aliphatic rings. The van der Waals surface area contributed by atoms with Crippen LogP contribution in [0.3, 0.4) is 0 Å². The first-order chi connectivity index (χ1) is 9.97. The maximum absolute atomic E-state index is 12.4. The van der Waals surface area contributed by atoms with Gasteiger partial charge in [0.25, 0.3) is 0 Å². The van der Waals surface area contributed by atoms with E-state index in [2.05, 4.69) is 17.4 Å². The minimum absolute atomic E-state index is 0.125. The summed E-state index contributed by atoms with van der Waals surface area (Å²) in [7, 11) is 6.07. The van der Waals surface area contributed by atoms with E-state index in [0.29, 0.717) is 0 Å². The zero-order chi connectivity index (χ0) is 15.4. The van der Waals surface area contributed by atoms with Gasteiger partial charge in [0.05, 0.1) is 6.04 Å². The lowest BCUT2D eigenvalue weighted by Gasteiger charge is -2.40. The third-order valence-corrected chi connectivity index (χ3v) is 5.10. The van der Waals surface area contributed by atoms with Crippen LogP contribution in [0.1, 0.15) is 32.6 Å². The molecule has 0 aromatic heterocycles. The molecule has 0 unspecified atom stereocenters. The van der Waals surface area contributed by atoms with Crippen molar-refractivity contribution in [2.45, 2.75) is 38.6 Å². The van der Waals surface area contributed by atoms with Gasteiger partial charge in [-0.3, -0.25) is 4.79 Å². The van der Waals surface area contributed by atoms with Crippen molar-refractivity contribution < 1.29 is 4.79 Å². The van der Waals surface area contributed by atoms with Crippen LogP contribution in [0, 0.1) is 11.8 Å². The number of carbonyl (C=O) groups excluding carboxylic acids is 1. The molecule has 0 radical (unpaired) electrons. The monoisotopic (exact) mass is 296 g/mol. The Bertz CT molecular complexity index is 331. The molecule has 0 spiro atoms. The molecular formula is C16H32N4O. The lowest BCUT2D eigenvalue weighted by Crippen LogP contribution is -2.51. The van der Waals surface area contributed by atoms with E-state index in [1.807, 2.05) is 30.9 Å². The van der Waals surface area contributed by atoms with Gasteiger partial charge in [-0.15, -0.1) is 0 Å². The highest BCUT2D eigenvalue weighted by Gasteiger charge is 2.31. The Morgan fingerprint density at radius 3 is 2.00 bits per heavy atom. The Morgan fingerprint density at radius 2 is 1.52 bits per heavy atom. The maximum atomic E-state index is 12.4. The summed E-state index contributed by atoms with van der Waals surface area (Å²) in [5, 5.41) is 1.86. The highest BCUT2D eigenvalue weighted by atomic mass is 16.2. The molecule has 21 heavy (non-hydrogen) atoms. The molecule has 2 heterocycles. The Morgan fingerprint density at radius 1 is 1.05 bits per heavy atom. The standard InChI is InChI=1S/C16H32N4O/c1-13(17-18(2)3)16(21)20-11-7-15(8-12-20)14-5-9-19(4)10-6-14/h13-15,17H,5-12H2,1-4H3/t13-/m1/s1. The number of hydrazine groups is 1. The van der Waals surface area contributed by atoms with Gasteiger partial charge >= 0.3 is 0 Å². The Hall–Kier alpha value is -0.650. The van der Waals surface area contributed by atoms with E-state index in [-0.39, 0.29) is 11.9 Å². The zero-order valence-electron chi connectivity index (χ0n) is 14.1. The molecule has 2 aliphatic heterocycles. The fraction of sp³-hybridized carbons (Fsp3) is 0.938. The van der Waals surface area contributed by atoms with E-state index in [1.54, 1.807) is 0 Å². The van der Waals surface area contributed by atoms with Crippen LogP contribution in [-0.2, 0) is 4.79 Å². The van der Waals surface area contributed by atoms with Crippen LogP contribution in [0.25, 0.3) is 0 Å². The predicted octanol–water partition coefficient (Wildman–Crippen LogP) is 1.02. The first-order valence-corrected chi connectivity index (χ1v) is 8.38. The highest BCUT2D eigenvalue weighted by Crippen LogP contribution is 2.32. The quantitative estimate of drug-likeness (QED) is 0.786. The molecule has 0 aromatic rings. The summed E-state index contributed by atoms with van der Waals surface area (Å²) in [6.07, 6.45) is 5.06. The molecule has 2 fully saturated rings. The lowest BCUT2D eigenvalue weighted by molar-refractivity contribution is -0.136. The molecule has 5 nitrogen and oxygen atoms in total. The Balaban J connectivity index is 1.76. The van der Waals surface area contributed by atoms with Crippen molar-refractivity contribution in [1.29, 1.82) is 0 Å². The third-order valence-electron chi connectivity index (χ3n) is 5.10. The topological polar surface area (TPSA) is 38.8 Å². The van der Waals surface area contributed by atoms with E-state index in [4.69, 9.17) is 0 Å². The molecule has 0 aliphatic carbocycles. The largest absolute Gasteiger partial charge is 0.341 e. The van der Waals surface area contributed by atoms with Gasteiger partial charge in [0.1, 0.15) is 0 Å². The first kappa shape index (κ1) is 16.7. The van der Waals surface area contributed by atoms with Crippen molar-refractivity contribution in [1.82, 2.24) is 20.2 Å². The molecule has 2 rings (SSSR count). The molecule has 1 atom stereocenters. The second-order valence-corrected chi connectivity index (χ2v) is 7.05. The van der Waals surface area contributed by atoms with E-state index in [0.717, 1.165) is 24.9 Å². The van der Waals surface area contributed by atoms with Crippen molar-refractivity contribution in [2.75, 3.05) is 47.3 Å². The molecule has 122 valence electrons. The van der Waals surface area contributed by atoms with E-state index < -0.39 is 0 Å². The van der Waals surface area contributed by atoms with Gasteiger partial charge in [-0.1, -0.05) is 0 Å². The number of nitrogens with zero attached hydrogens (tertiary/aromatic N) is 3. The first-order valence-electron chi connectivity index (χ1n) is 8.38. The van der Waals surface area contributed by atoms with Crippen LogP contribution in [0.15, 0.2) is 0 Å². The van der Waals surface area contributed by atoms with Crippen LogP contribution in [0.5, 0.6) is 0 Å².